The predicted octanol–water partition coefficient (Wildman–Crippen LogP) is 5.08. The molecule has 0 radical (unpaired) electrons. The van der Waals surface area contributed by atoms with E-state index >= 15 is 0 Å². The third kappa shape index (κ3) is 5.34. The number of nitrogens with zero attached hydrogens (tertiary/aromatic N) is 1. The van der Waals surface area contributed by atoms with Gasteiger partial charge in [0.05, 0.1) is 19.9 Å². The molecule has 2 aromatic carbocycles. The number of carbonyl (C=O) groups is 1. The molecule has 6 nitrogen and oxygen atoms in total. The summed E-state index contributed by atoms with van der Waals surface area (Å²) in [4.78, 5) is 17.1. The van der Waals surface area contributed by atoms with Crippen molar-refractivity contribution < 1.29 is 14.3 Å². The molecule has 2 N–H and O–H groups in total. The van der Waals surface area contributed by atoms with Crippen molar-refractivity contribution in [3.8, 4) is 22.8 Å². The highest BCUT2D eigenvalue weighted by atomic mass is 32.1. The lowest BCUT2D eigenvalue weighted by Crippen LogP contribution is -2.34. The second-order valence-corrected chi connectivity index (χ2v) is 8.09. The first-order chi connectivity index (χ1) is 14.4. The van der Waals surface area contributed by atoms with Crippen molar-refractivity contribution in [2.75, 3.05) is 19.5 Å². The van der Waals surface area contributed by atoms with Gasteiger partial charge in [-0.25, -0.2) is 4.98 Å². The Labute approximate surface area is 185 Å². The van der Waals surface area contributed by atoms with Gasteiger partial charge in [-0.15, -0.1) is 11.3 Å². The number of rotatable bonds is 6. The summed E-state index contributed by atoms with van der Waals surface area (Å²) < 4.78 is 10.4. The first-order valence-electron chi connectivity index (χ1n) is 9.31. The molecule has 30 heavy (non-hydrogen) atoms. The lowest BCUT2D eigenvalue weighted by Gasteiger charge is -2.10. The van der Waals surface area contributed by atoms with Crippen LogP contribution in [0.3, 0.4) is 0 Å². The molecule has 0 saturated carbocycles. The fourth-order valence-electron chi connectivity index (χ4n) is 2.74. The van der Waals surface area contributed by atoms with E-state index in [1.807, 2.05) is 5.38 Å². The molecule has 0 bridgehead atoms. The van der Waals surface area contributed by atoms with Crippen LogP contribution in [0.2, 0.25) is 0 Å². The van der Waals surface area contributed by atoms with Crippen molar-refractivity contribution in [2.45, 2.75) is 19.8 Å². The molecule has 156 valence electrons. The maximum absolute atomic E-state index is 12.5. The highest BCUT2D eigenvalue weighted by Crippen LogP contribution is 2.27. The number of aromatic nitrogens is 1. The molecule has 0 unspecified atom stereocenters. The van der Waals surface area contributed by atoms with E-state index < -0.39 is 0 Å². The van der Waals surface area contributed by atoms with E-state index in [-0.39, 0.29) is 11.0 Å². The largest absolute Gasteiger partial charge is 0.497 e. The van der Waals surface area contributed by atoms with Crippen molar-refractivity contribution in [3.05, 3.63) is 59.0 Å². The van der Waals surface area contributed by atoms with Crippen molar-refractivity contribution >= 4 is 39.7 Å². The number of hydrogen-bond donors (Lipinski definition) is 2. The Hall–Kier alpha value is -2.97. The minimum absolute atomic E-state index is 0.165. The summed E-state index contributed by atoms with van der Waals surface area (Å²) in [6, 6.07) is 13.3. The summed E-state index contributed by atoms with van der Waals surface area (Å²) >= 11 is 6.68. The van der Waals surface area contributed by atoms with Crippen LogP contribution in [0.5, 0.6) is 11.5 Å². The normalized spacial score (nSPS) is 10.6. The molecular weight excluding hydrogens is 418 g/mol. The van der Waals surface area contributed by atoms with Gasteiger partial charge in [-0.05, 0) is 35.8 Å². The molecule has 0 aliphatic rings. The Bertz CT molecular complexity index is 1020. The lowest BCUT2D eigenvalue weighted by atomic mass is 10.0. The van der Waals surface area contributed by atoms with Crippen molar-refractivity contribution in [2.24, 2.45) is 0 Å². The smallest absolute Gasteiger partial charge is 0.257 e. The van der Waals surface area contributed by atoms with Gasteiger partial charge >= 0.3 is 0 Å². The topological polar surface area (TPSA) is 72.5 Å². The summed E-state index contributed by atoms with van der Waals surface area (Å²) in [7, 11) is 3.05. The molecule has 1 heterocycles. The van der Waals surface area contributed by atoms with Gasteiger partial charge in [0.15, 0.2) is 10.2 Å². The number of benzene rings is 2. The van der Waals surface area contributed by atoms with E-state index in [0.29, 0.717) is 28.1 Å². The fourth-order valence-corrected chi connectivity index (χ4v) is 3.72. The van der Waals surface area contributed by atoms with Gasteiger partial charge in [0.2, 0.25) is 0 Å². The molecule has 0 aliphatic carbocycles. The number of carbonyl (C=O) groups excluding carboxylic acids is 1. The van der Waals surface area contributed by atoms with Crippen LogP contribution in [0.4, 0.5) is 5.13 Å². The fraction of sp³-hybridized carbons (Fsp3) is 0.227. The van der Waals surface area contributed by atoms with E-state index in [2.05, 4.69) is 53.7 Å². The van der Waals surface area contributed by atoms with E-state index in [0.717, 1.165) is 11.3 Å². The molecular formula is C22H23N3O3S2. The molecule has 1 amide bonds. The van der Waals surface area contributed by atoms with Crippen molar-refractivity contribution in [3.63, 3.8) is 0 Å². The Balaban J connectivity index is 1.65. The number of anilines is 1. The highest BCUT2D eigenvalue weighted by Gasteiger charge is 2.13. The van der Waals surface area contributed by atoms with Crippen LogP contribution in [0.1, 0.15) is 35.7 Å². The number of amides is 1. The minimum Gasteiger partial charge on any atom is -0.497 e. The van der Waals surface area contributed by atoms with Crippen LogP contribution >= 0.6 is 23.6 Å². The highest BCUT2D eigenvalue weighted by molar-refractivity contribution is 7.80. The van der Waals surface area contributed by atoms with Crippen LogP contribution in [-0.4, -0.2) is 30.2 Å². The average Bonchev–Trinajstić information content (AvgIpc) is 3.21. The molecule has 0 aliphatic heterocycles. The van der Waals surface area contributed by atoms with Gasteiger partial charge in [-0.2, -0.15) is 0 Å². The lowest BCUT2D eigenvalue weighted by molar-refractivity contribution is 0.0977. The zero-order chi connectivity index (χ0) is 21.7. The number of thiazole rings is 1. The van der Waals surface area contributed by atoms with Crippen LogP contribution < -0.4 is 20.1 Å². The van der Waals surface area contributed by atoms with Gasteiger partial charge in [0.25, 0.3) is 5.91 Å². The number of hydrogen-bond acceptors (Lipinski definition) is 6. The second kappa shape index (κ2) is 9.69. The Morgan fingerprint density at radius 3 is 2.27 bits per heavy atom. The molecule has 0 fully saturated rings. The van der Waals surface area contributed by atoms with Gasteiger partial charge in [-0.1, -0.05) is 38.1 Å². The zero-order valence-electron chi connectivity index (χ0n) is 17.2. The van der Waals surface area contributed by atoms with Crippen molar-refractivity contribution in [1.29, 1.82) is 0 Å². The molecule has 1 aromatic heterocycles. The number of methoxy groups -OCH3 is 2. The predicted molar refractivity (Wildman–Crippen MR) is 125 cm³/mol. The summed E-state index contributed by atoms with van der Waals surface area (Å²) in [5, 5.41) is 8.33. The summed E-state index contributed by atoms with van der Waals surface area (Å²) in [6.07, 6.45) is 0. The third-order valence-corrected chi connectivity index (χ3v) is 5.40. The van der Waals surface area contributed by atoms with Crippen LogP contribution in [-0.2, 0) is 0 Å². The van der Waals surface area contributed by atoms with E-state index in [1.54, 1.807) is 18.2 Å². The Morgan fingerprint density at radius 2 is 1.70 bits per heavy atom. The van der Waals surface area contributed by atoms with E-state index in [9.17, 15) is 4.79 Å². The molecule has 3 rings (SSSR count). The Morgan fingerprint density at radius 1 is 1.07 bits per heavy atom. The first kappa shape index (κ1) is 21.7. The number of nitrogens with one attached hydrogen (secondary N) is 2. The first-order valence-corrected chi connectivity index (χ1v) is 10.6. The maximum Gasteiger partial charge on any atom is 0.257 e. The summed E-state index contributed by atoms with van der Waals surface area (Å²) in [6.45, 7) is 4.33. The SMILES string of the molecule is COc1cc(OC)cc(C(=O)NC(=S)Nc2nc(-c3ccc(C(C)C)cc3)cs2)c1. The van der Waals surface area contributed by atoms with Gasteiger partial charge in [-0.3, -0.25) is 10.1 Å². The van der Waals surface area contributed by atoms with Crippen molar-refractivity contribution in [1.82, 2.24) is 10.3 Å². The monoisotopic (exact) mass is 441 g/mol. The molecule has 0 spiro atoms. The summed E-state index contributed by atoms with van der Waals surface area (Å²) in [5.74, 6) is 1.15. The van der Waals surface area contributed by atoms with E-state index in [1.165, 1.54) is 31.1 Å². The third-order valence-electron chi connectivity index (χ3n) is 4.44. The second-order valence-electron chi connectivity index (χ2n) is 6.82. The Kier molecular flexibility index (Phi) is 7.02. The van der Waals surface area contributed by atoms with Crippen LogP contribution in [0, 0.1) is 0 Å². The average molecular weight is 442 g/mol. The summed E-state index contributed by atoms with van der Waals surface area (Å²) in [5.41, 5.74) is 3.54. The van der Waals surface area contributed by atoms with Gasteiger partial charge in [0, 0.05) is 22.6 Å². The molecule has 3 aromatic rings. The maximum atomic E-state index is 12.5. The van der Waals surface area contributed by atoms with Crippen LogP contribution in [0.25, 0.3) is 11.3 Å². The van der Waals surface area contributed by atoms with Gasteiger partial charge in [0.1, 0.15) is 11.5 Å². The molecule has 0 atom stereocenters. The van der Waals surface area contributed by atoms with Gasteiger partial charge < -0.3 is 14.8 Å². The number of thiocarbonyl (C=S) groups is 1. The standard InChI is InChI=1S/C22H23N3O3S2/c1-13(2)14-5-7-15(8-6-14)19-12-30-22(23-19)25-21(29)24-20(26)16-9-17(27-3)11-18(10-16)28-4/h5-13H,1-4H3,(H2,23,24,25,26,29). The van der Waals surface area contributed by atoms with E-state index in [4.69, 9.17) is 21.7 Å². The molecule has 8 heteroatoms. The number of ether oxygens (including phenoxy) is 2. The molecule has 0 saturated heterocycles. The van der Waals surface area contributed by atoms with Crippen LogP contribution in [0.15, 0.2) is 47.8 Å². The minimum atomic E-state index is -0.370. The quantitative estimate of drug-likeness (QED) is 0.520. The zero-order valence-corrected chi connectivity index (χ0v) is 18.8.